The van der Waals surface area contributed by atoms with Gasteiger partial charge in [0.05, 0.1) is 0 Å². The van der Waals surface area contributed by atoms with Crippen LogP contribution in [-0.2, 0) is 9.59 Å². The molecule has 0 unspecified atom stereocenters. The summed E-state index contributed by atoms with van der Waals surface area (Å²) in [5.41, 5.74) is 3.51. The Labute approximate surface area is 225 Å². The lowest BCUT2D eigenvalue weighted by atomic mass is 9.90. The van der Waals surface area contributed by atoms with Gasteiger partial charge >= 0.3 is 11.9 Å². The Morgan fingerprint density at radius 3 is 2.61 bits per heavy atom. The summed E-state index contributed by atoms with van der Waals surface area (Å²) in [6.07, 6.45) is 1.78. The first-order chi connectivity index (χ1) is 18.1. The van der Waals surface area contributed by atoms with Crippen molar-refractivity contribution >= 4 is 44.3 Å². The van der Waals surface area contributed by atoms with Gasteiger partial charge in [-0.2, -0.15) is 0 Å². The van der Waals surface area contributed by atoms with E-state index < -0.39 is 18.0 Å². The number of aromatic nitrogens is 1. The standard InChI is InChI=1S/C27H32N2O2S.C2H2O4/c1-17-7-8-20-14-27(32-26(20)11-17)21-9-10-29(19(3)13-21)15-22(30)16-31-25-6-4-5-24-23(25)12-18(2)28-24;3-1(4)2(5)6/h4-8,11-12,14,19,21-22,28,30H,9-10,13,15-16H2,1-3H3;(H,3,4)(H,5,6)/t19-,21-,22+;/m1./s1. The van der Waals surface area contributed by atoms with Gasteiger partial charge in [0, 0.05) is 38.8 Å². The van der Waals surface area contributed by atoms with E-state index in [1.165, 1.54) is 20.5 Å². The minimum atomic E-state index is -1.82. The molecule has 1 aliphatic heterocycles. The maximum absolute atomic E-state index is 10.7. The van der Waals surface area contributed by atoms with Gasteiger partial charge in [0.15, 0.2) is 0 Å². The molecule has 0 radical (unpaired) electrons. The predicted octanol–water partition coefficient (Wildman–Crippen LogP) is 5.16. The van der Waals surface area contributed by atoms with Gasteiger partial charge in [0.2, 0.25) is 0 Å². The van der Waals surface area contributed by atoms with Gasteiger partial charge in [0.1, 0.15) is 18.5 Å². The number of rotatable bonds is 6. The summed E-state index contributed by atoms with van der Waals surface area (Å²) in [4.78, 5) is 25.5. The number of fused-ring (bicyclic) bond motifs is 2. The number of nitrogens with zero attached hydrogens (tertiary/aromatic N) is 1. The molecule has 9 heteroatoms. The molecule has 4 aromatic rings. The molecule has 2 aromatic heterocycles. The van der Waals surface area contributed by atoms with Crippen molar-refractivity contribution in [3.63, 3.8) is 0 Å². The Kier molecular flexibility index (Phi) is 8.71. The Morgan fingerprint density at radius 2 is 1.89 bits per heavy atom. The molecular weight excluding hydrogens is 504 g/mol. The fourth-order valence-corrected chi connectivity index (χ4v) is 6.32. The Bertz CT molecular complexity index is 1420. The zero-order valence-corrected chi connectivity index (χ0v) is 22.6. The lowest BCUT2D eigenvalue weighted by molar-refractivity contribution is -0.159. The first-order valence-corrected chi connectivity index (χ1v) is 13.5. The molecule has 1 aliphatic rings. The molecule has 3 heterocycles. The van der Waals surface area contributed by atoms with Crippen molar-refractivity contribution < 1.29 is 29.6 Å². The number of carboxylic acid groups (broad SMARTS) is 2. The number of ether oxygens (including phenoxy) is 1. The summed E-state index contributed by atoms with van der Waals surface area (Å²) in [7, 11) is 0. The SMILES string of the molecule is Cc1ccc2cc([C@@H]3CCN(C[C@H](O)COc4cccc5[nH]c(C)cc45)[C@H](C)C3)sc2c1.O=C(O)C(=O)O. The van der Waals surface area contributed by atoms with Crippen LogP contribution in [-0.4, -0.2) is 69.0 Å². The Morgan fingerprint density at radius 1 is 1.13 bits per heavy atom. The van der Waals surface area contributed by atoms with E-state index >= 15 is 0 Å². The topological polar surface area (TPSA) is 123 Å². The lowest BCUT2D eigenvalue weighted by Gasteiger charge is -2.38. The molecule has 0 spiro atoms. The number of aliphatic hydroxyl groups is 1. The van der Waals surface area contributed by atoms with Gasteiger partial charge in [-0.3, -0.25) is 4.90 Å². The number of carboxylic acids is 2. The van der Waals surface area contributed by atoms with Crippen LogP contribution in [0.5, 0.6) is 5.75 Å². The molecule has 5 rings (SSSR count). The largest absolute Gasteiger partial charge is 0.490 e. The van der Waals surface area contributed by atoms with E-state index in [1.807, 2.05) is 30.4 Å². The van der Waals surface area contributed by atoms with Crippen LogP contribution >= 0.6 is 11.3 Å². The summed E-state index contributed by atoms with van der Waals surface area (Å²) < 4.78 is 7.41. The third kappa shape index (κ3) is 6.72. The normalized spacial score (nSPS) is 18.6. The summed E-state index contributed by atoms with van der Waals surface area (Å²) >= 11 is 1.95. The van der Waals surface area contributed by atoms with Crippen molar-refractivity contribution in [1.82, 2.24) is 9.88 Å². The number of likely N-dealkylation sites (tertiary alicyclic amines) is 1. The summed E-state index contributed by atoms with van der Waals surface area (Å²) in [6, 6.07) is 17.7. The molecule has 1 fully saturated rings. The molecule has 0 bridgehead atoms. The minimum absolute atomic E-state index is 0.311. The summed E-state index contributed by atoms with van der Waals surface area (Å²) in [5, 5.41) is 27.9. The quantitative estimate of drug-likeness (QED) is 0.250. The van der Waals surface area contributed by atoms with Crippen LogP contribution in [0, 0.1) is 13.8 Å². The second-order valence-electron chi connectivity index (χ2n) is 10.0. The molecule has 38 heavy (non-hydrogen) atoms. The van der Waals surface area contributed by atoms with Crippen LogP contribution in [0.3, 0.4) is 0 Å². The number of hydrogen-bond acceptors (Lipinski definition) is 6. The van der Waals surface area contributed by atoms with E-state index in [2.05, 4.69) is 60.1 Å². The van der Waals surface area contributed by atoms with Gasteiger partial charge in [-0.25, -0.2) is 9.59 Å². The van der Waals surface area contributed by atoms with Crippen LogP contribution in [0.15, 0.2) is 48.5 Å². The zero-order chi connectivity index (χ0) is 27.4. The number of benzene rings is 2. The van der Waals surface area contributed by atoms with Crippen molar-refractivity contribution in [2.75, 3.05) is 19.7 Å². The minimum Gasteiger partial charge on any atom is -0.490 e. The van der Waals surface area contributed by atoms with E-state index in [0.717, 1.165) is 41.7 Å². The average Bonchev–Trinajstić information content (AvgIpc) is 3.46. The lowest BCUT2D eigenvalue weighted by Crippen LogP contribution is -2.45. The number of hydrogen-bond donors (Lipinski definition) is 4. The first-order valence-electron chi connectivity index (χ1n) is 12.7. The van der Waals surface area contributed by atoms with E-state index in [1.54, 1.807) is 0 Å². The molecule has 0 aliphatic carbocycles. The van der Waals surface area contributed by atoms with Crippen LogP contribution in [0.2, 0.25) is 0 Å². The highest BCUT2D eigenvalue weighted by atomic mass is 32.1. The Balaban J connectivity index is 0.000000505. The van der Waals surface area contributed by atoms with Crippen molar-refractivity contribution in [3.8, 4) is 5.75 Å². The van der Waals surface area contributed by atoms with Gasteiger partial charge < -0.3 is 25.0 Å². The molecule has 4 N–H and O–H groups in total. The predicted molar refractivity (Wildman–Crippen MR) is 149 cm³/mol. The highest BCUT2D eigenvalue weighted by molar-refractivity contribution is 7.19. The van der Waals surface area contributed by atoms with Crippen molar-refractivity contribution in [3.05, 3.63) is 64.7 Å². The van der Waals surface area contributed by atoms with Crippen LogP contribution < -0.4 is 4.74 Å². The number of nitrogens with one attached hydrogen (secondary N) is 1. The van der Waals surface area contributed by atoms with E-state index in [0.29, 0.717) is 25.1 Å². The van der Waals surface area contributed by atoms with Gasteiger partial charge in [-0.05, 0) is 87.4 Å². The number of H-pyrrole nitrogens is 1. The van der Waals surface area contributed by atoms with Crippen LogP contribution in [0.4, 0.5) is 0 Å². The number of aliphatic hydroxyl groups excluding tert-OH is 1. The number of piperidine rings is 1. The third-order valence-corrected chi connectivity index (χ3v) is 8.19. The summed E-state index contributed by atoms with van der Waals surface area (Å²) in [5.74, 6) is -2.20. The van der Waals surface area contributed by atoms with E-state index in [4.69, 9.17) is 24.5 Å². The van der Waals surface area contributed by atoms with Crippen molar-refractivity contribution in [1.29, 1.82) is 0 Å². The van der Waals surface area contributed by atoms with E-state index in [-0.39, 0.29) is 0 Å². The maximum atomic E-state index is 10.7. The highest BCUT2D eigenvalue weighted by Gasteiger charge is 2.29. The highest BCUT2D eigenvalue weighted by Crippen LogP contribution is 2.38. The zero-order valence-electron chi connectivity index (χ0n) is 21.8. The van der Waals surface area contributed by atoms with Gasteiger partial charge in [-0.1, -0.05) is 18.2 Å². The first kappa shape index (κ1) is 27.6. The molecule has 202 valence electrons. The van der Waals surface area contributed by atoms with Crippen LogP contribution in [0.1, 0.15) is 41.8 Å². The monoisotopic (exact) mass is 538 g/mol. The summed E-state index contributed by atoms with van der Waals surface area (Å²) in [6.45, 7) is 8.48. The second-order valence-corrected chi connectivity index (χ2v) is 11.1. The maximum Gasteiger partial charge on any atom is 0.414 e. The number of aromatic amines is 1. The van der Waals surface area contributed by atoms with E-state index in [9.17, 15) is 5.11 Å². The average molecular weight is 539 g/mol. The number of carbonyl (C=O) groups is 2. The molecule has 3 atom stereocenters. The number of aryl methyl sites for hydroxylation is 2. The van der Waals surface area contributed by atoms with Gasteiger partial charge in [-0.15, -0.1) is 11.3 Å². The smallest absolute Gasteiger partial charge is 0.414 e. The number of β-amino-alcohol motifs (C(OH)–C–C–N with tert-alkyl or cyclic N) is 1. The second kappa shape index (κ2) is 12.0. The fourth-order valence-electron chi connectivity index (χ4n) is 5.01. The molecule has 8 nitrogen and oxygen atoms in total. The third-order valence-electron chi connectivity index (χ3n) is 6.93. The van der Waals surface area contributed by atoms with Crippen molar-refractivity contribution in [2.45, 2.75) is 51.7 Å². The molecule has 1 saturated heterocycles. The molecule has 2 aromatic carbocycles. The number of thiophene rings is 1. The Hall–Kier alpha value is -3.40. The van der Waals surface area contributed by atoms with Crippen LogP contribution in [0.25, 0.3) is 21.0 Å². The fraction of sp³-hybridized carbons (Fsp3) is 0.379. The number of aliphatic carboxylic acids is 2. The molecule has 0 amide bonds. The van der Waals surface area contributed by atoms with Gasteiger partial charge in [0.25, 0.3) is 0 Å². The van der Waals surface area contributed by atoms with Crippen molar-refractivity contribution in [2.24, 2.45) is 0 Å². The molecular formula is C29H34N2O6S. The molecule has 0 saturated carbocycles.